The van der Waals surface area contributed by atoms with Crippen molar-refractivity contribution >= 4 is 5.95 Å². The zero-order chi connectivity index (χ0) is 15.6. The number of hydrogen-bond acceptors (Lipinski definition) is 5. The minimum atomic E-state index is 0.120. The van der Waals surface area contributed by atoms with Gasteiger partial charge in [0.05, 0.1) is 19.2 Å². The molecule has 0 fully saturated rings. The molecular weight excluding hydrogens is 290 g/mol. The molecule has 0 amide bonds. The normalized spacial score (nSPS) is 19.7. The lowest BCUT2D eigenvalue weighted by Crippen LogP contribution is -2.28. The largest absolute Gasteiger partial charge is 0.497 e. The molecule has 1 aliphatic heterocycles. The monoisotopic (exact) mass is 307 g/mol. The number of ether oxygens (including phenoxy) is 1. The third-order valence-electron chi connectivity index (χ3n) is 4.25. The van der Waals surface area contributed by atoms with Crippen molar-refractivity contribution in [3.63, 3.8) is 0 Å². The van der Waals surface area contributed by atoms with Gasteiger partial charge in [-0.3, -0.25) is 0 Å². The molecule has 0 unspecified atom stereocenters. The lowest BCUT2D eigenvalue weighted by atomic mass is 9.93. The van der Waals surface area contributed by atoms with E-state index < -0.39 is 0 Å². The molecule has 0 radical (unpaired) electrons. The number of nitrogens with one attached hydrogen (secondary N) is 1. The molecule has 116 valence electrons. The molecule has 6 nitrogen and oxygen atoms in total. The molecule has 4 rings (SSSR count). The Bertz CT molecular complexity index is 784. The molecule has 1 aromatic heterocycles. The second kappa shape index (κ2) is 5.72. The van der Waals surface area contributed by atoms with Crippen LogP contribution in [0.1, 0.15) is 29.6 Å². The number of anilines is 1. The van der Waals surface area contributed by atoms with Crippen molar-refractivity contribution in [2.24, 2.45) is 0 Å². The molecule has 3 aromatic rings. The molecule has 0 saturated heterocycles. The molecular formula is C17H17N5O. The van der Waals surface area contributed by atoms with E-state index in [9.17, 15) is 0 Å². The van der Waals surface area contributed by atoms with E-state index in [4.69, 9.17) is 4.74 Å². The summed E-state index contributed by atoms with van der Waals surface area (Å²) in [5.74, 6) is 1.56. The SMILES string of the molecule is COc1ccc([C@H]2C[C@@H](c3ccccc3)n3nnnc3N2)cc1. The van der Waals surface area contributed by atoms with Crippen LogP contribution in [0, 0.1) is 0 Å². The maximum atomic E-state index is 5.23. The first-order chi connectivity index (χ1) is 11.3. The van der Waals surface area contributed by atoms with Gasteiger partial charge >= 0.3 is 0 Å². The van der Waals surface area contributed by atoms with Crippen molar-refractivity contribution in [1.82, 2.24) is 20.2 Å². The topological polar surface area (TPSA) is 64.9 Å². The molecule has 23 heavy (non-hydrogen) atoms. The van der Waals surface area contributed by atoms with Crippen LogP contribution in [0.25, 0.3) is 0 Å². The van der Waals surface area contributed by atoms with Crippen molar-refractivity contribution in [2.45, 2.75) is 18.5 Å². The third-order valence-corrected chi connectivity index (χ3v) is 4.25. The van der Waals surface area contributed by atoms with E-state index in [-0.39, 0.29) is 12.1 Å². The first kappa shape index (κ1) is 13.8. The second-order valence-electron chi connectivity index (χ2n) is 5.58. The maximum Gasteiger partial charge on any atom is 0.243 e. The number of methoxy groups -OCH3 is 1. The Balaban J connectivity index is 1.69. The van der Waals surface area contributed by atoms with Crippen molar-refractivity contribution < 1.29 is 4.74 Å². The predicted octanol–water partition coefficient (Wildman–Crippen LogP) is 2.83. The van der Waals surface area contributed by atoms with Gasteiger partial charge in [0.1, 0.15) is 5.75 Å². The molecule has 1 N–H and O–H groups in total. The molecule has 0 saturated carbocycles. The highest BCUT2D eigenvalue weighted by Gasteiger charge is 2.30. The van der Waals surface area contributed by atoms with Gasteiger partial charge in [-0.05, 0) is 40.1 Å². The molecule has 2 aromatic carbocycles. The zero-order valence-electron chi connectivity index (χ0n) is 12.8. The van der Waals surface area contributed by atoms with Crippen LogP contribution in [-0.2, 0) is 0 Å². The summed E-state index contributed by atoms with van der Waals surface area (Å²) in [4.78, 5) is 0. The maximum absolute atomic E-state index is 5.23. The van der Waals surface area contributed by atoms with Crippen LogP contribution in [-0.4, -0.2) is 27.3 Å². The fraction of sp³-hybridized carbons (Fsp3) is 0.235. The third kappa shape index (κ3) is 2.52. The number of tetrazole rings is 1. The fourth-order valence-electron chi connectivity index (χ4n) is 3.04. The highest BCUT2D eigenvalue weighted by molar-refractivity contribution is 5.39. The summed E-state index contributed by atoms with van der Waals surface area (Å²) in [5.41, 5.74) is 2.40. The van der Waals surface area contributed by atoms with E-state index >= 15 is 0 Å². The number of fused-ring (bicyclic) bond motifs is 1. The van der Waals surface area contributed by atoms with Crippen LogP contribution in [0.4, 0.5) is 5.95 Å². The molecule has 2 atom stereocenters. The van der Waals surface area contributed by atoms with Gasteiger partial charge in [-0.25, -0.2) is 4.68 Å². The van der Waals surface area contributed by atoms with Crippen molar-refractivity contribution in [3.8, 4) is 5.75 Å². The van der Waals surface area contributed by atoms with E-state index in [2.05, 4.69) is 45.1 Å². The first-order valence-corrected chi connectivity index (χ1v) is 7.58. The summed E-state index contributed by atoms with van der Waals surface area (Å²) in [6.45, 7) is 0. The van der Waals surface area contributed by atoms with Gasteiger partial charge in [-0.15, -0.1) is 0 Å². The lowest BCUT2D eigenvalue weighted by Gasteiger charge is -2.31. The van der Waals surface area contributed by atoms with E-state index in [0.717, 1.165) is 12.2 Å². The Morgan fingerprint density at radius 3 is 2.57 bits per heavy atom. The first-order valence-electron chi connectivity index (χ1n) is 7.58. The lowest BCUT2D eigenvalue weighted by molar-refractivity contribution is 0.412. The fourth-order valence-corrected chi connectivity index (χ4v) is 3.04. The summed E-state index contributed by atoms with van der Waals surface area (Å²) >= 11 is 0. The van der Waals surface area contributed by atoms with Gasteiger partial charge in [0.2, 0.25) is 5.95 Å². The van der Waals surface area contributed by atoms with Gasteiger partial charge in [0, 0.05) is 0 Å². The zero-order valence-corrected chi connectivity index (χ0v) is 12.8. The molecule has 0 spiro atoms. The van der Waals surface area contributed by atoms with E-state index in [1.165, 1.54) is 11.1 Å². The molecule has 6 heteroatoms. The summed E-state index contributed by atoms with van der Waals surface area (Å²) in [6, 6.07) is 18.7. The highest BCUT2D eigenvalue weighted by atomic mass is 16.5. The van der Waals surface area contributed by atoms with Gasteiger partial charge in [-0.2, -0.15) is 0 Å². The number of nitrogens with zero attached hydrogens (tertiary/aromatic N) is 4. The Labute approximate surface area is 134 Å². The predicted molar refractivity (Wildman–Crippen MR) is 86.4 cm³/mol. The Morgan fingerprint density at radius 2 is 1.83 bits per heavy atom. The molecule has 0 aliphatic carbocycles. The smallest absolute Gasteiger partial charge is 0.243 e. The molecule has 2 heterocycles. The minimum absolute atomic E-state index is 0.120. The summed E-state index contributed by atoms with van der Waals surface area (Å²) in [5, 5.41) is 15.5. The average Bonchev–Trinajstić information content (AvgIpc) is 3.10. The van der Waals surface area contributed by atoms with Gasteiger partial charge in [-0.1, -0.05) is 47.6 Å². The number of aromatic nitrogens is 4. The van der Waals surface area contributed by atoms with Gasteiger partial charge < -0.3 is 10.1 Å². The van der Waals surface area contributed by atoms with Crippen molar-refractivity contribution in [1.29, 1.82) is 0 Å². The van der Waals surface area contributed by atoms with Crippen molar-refractivity contribution in [3.05, 3.63) is 65.7 Å². The average molecular weight is 307 g/mol. The van der Waals surface area contributed by atoms with E-state index in [1.807, 2.05) is 35.0 Å². The van der Waals surface area contributed by atoms with Crippen LogP contribution in [0.2, 0.25) is 0 Å². The number of hydrogen-bond donors (Lipinski definition) is 1. The standard InChI is InChI=1S/C17H17N5O/c1-23-14-9-7-12(8-10-14)15-11-16(13-5-3-2-4-6-13)22-17(18-15)19-20-21-22/h2-10,15-16H,11H2,1H3,(H,18,19,21)/t15-,16+/m1/s1. The van der Waals surface area contributed by atoms with Crippen LogP contribution in [0.15, 0.2) is 54.6 Å². The van der Waals surface area contributed by atoms with Crippen molar-refractivity contribution in [2.75, 3.05) is 12.4 Å². The quantitative estimate of drug-likeness (QED) is 0.806. The number of rotatable bonds is 3. The summed E-state index contributed by atoms with van der Waals surface area (Å²) in [6.07, 6.45) is 0.883. The van der Waals surface area contributed by atoms with Crippen LogP contribution in [0.3, 0.4) is 0 Å². The molecule has 0 bridgehead atoms. The van der Waals surface area contributed by atoms with E-state index in [0.29, 0.717) is 5.95 Å². The Morgan fingerprint density at radius 1 is 1.04 bits per heavy atom. The second-order valence-corrected chi connectivity index (χ2v) is 5.58. The van der Waals surface area contributed by atoms with Crippen LogP contribution in [0.5, 0.6) is 5.75 Å². The van der Waals surface area contributed by atoms with Gasteiger partial charge in [0.25, 0.3) is 0 Å². The van der Waals surface area contributed by atoms with E-state index in [1.54, 1.807) is 7.11 Å². The van der Waals surface area contributed by atoms with Crippen LogP contribution >= 0.6 is 0 Å². The number of benzene rings is 2. The minimum Gasteiger partial charge on any atom is -0.497 e. The van der Waals surface area contributed by atoms with Crippen LogP contribution < -0.4 is 10.1 Å². The Hall–Kier alpha value is -2.89. The van der Waals surface area contributed by atoms with Gasteiger partial charge in [0.15, 0.2) is 0 Å². The Kier molecular flexibility index (Phi) is 3.42. The highest BCUT2D eigenvalue weighted by Crippen LogP contribution is 2.37. The summed E-state index contributed by atoms with van der Waals surface area (Å²) < 4.78 is 7.09. The summed E-state index contributed by atoms with van der Waals surface area (Å²) in [7, 11) is 1.67. The molecule has 1 aliphatic rings.